The molecule has 1 N–H and O–H groups in total. The van der Waals surface area contributed by atoms with Crippen LogP contribution in [-0.4, -0.2) is 33.4 Å². The molecule has 0 saturated carbocycles. The third-order valence-corrected chi connectivity index (χ3v) is 17.0. The fourth-order valence-electron chi connectivity index (χ4n) is 0.925. The van der Waals surface area contributed by atoms with Crippen LogP contribution in [0.5, 0.6) is 0 Å². The van der Waals surface area contributed by atoms with Crippen molar-refractivity contribution in [3.05, 3.63) is 29.8 Å². The molecule has 0 unspecified atom stereocenters. The van der Waals surface area contributed by atoms with Crippen molar-refractivity contribution >= 4 is 36.6 Å². The molecule has 12 heavy (non-hydrogen) atoms. The van der Waals surface area contributed by atoms with Crippen LogP contribution < -0.4 is 0 Å². The van der Waals surface area contributed by atoms with Crippen LogP contribution in [0.3, 0.4) is 0 Å². The van der Waals surface area contributed by atoms with Crippen LogP contribution in [0.1, 0.15) is 10.4 Å². The van der Waals surface area contributed by atoms with Gasteiger partial charge in [-0.05, 0) is 0 Å². The Morgan fingerprint density at radius 3 is 2.75 bits per heavy atom. The van der Waals surface area contributed by atoms with Gasteiger partial charge in [0.2, 0.25) is 0 Å². The zero-order valence-corrected chi connectivity index (χ0v) is 15.1. The van der Waals surface area contributed by atoms with Gasteiger partial charge in [-0.1, -0.05) is 0 Å². The second-order valence-corrected chi connectivity index (χ2v) is 28.8. The number of hydrogen-bond donors (Lipinski definition) is 1. The normalized spacial score (nSPS) is 9.17. The van der Waals surface area contributed by atoms with E-state index in [0.29, 0.717) is 5.56 Å². The summed E-state index contributed by atoms with van der Waals surface area (Å²) in [7, 11) is 1.83. The van der Waals surface area contributed by atoms with E-state index in [4.69, 9.17) is 5.11 Å². The molecule has 0 amide bonds. The molecular formula is C7H5HgNaO2S. The van der Waals surface area contributed by atoms with Crippen LogP contribution in [0.2, 0.25) is 0 Å². The number of carbonyl (C=O) groups is 1. The first-order valence-corrected chi connectivity index (χ1v) is 29.3. The molecule has 5 heteroatoms. The quantitative estimate of drug-likeness (QED) is 0.814. The first-order chi connectivity index (χ1) is 5.75. The molecule has 54 valence electrons. The van der Waals surface area contributed by atoms with Gasteiger partial charge in [-0.15, -0.1) is 0 Å². The van der Waals surface area contributed by atoms with E-state index in [1.165, 1.54) is 22.4 Å². The van der Waals surface area contributed by atoms with Crippen LogP contribution in [0.15, 0.2) is 29.2 Å². The summed E-state index contributed by atoms with van der Waals surface area (Å²) in [5.41, 5.74) is 0.471. The van der Waals surface area contributed by atoms with Crippen molar-refractivity contribution in [1.29, 1.82) is 0 Å². The monoisotopic (exact) mass is 378 g/mol. The fourth-order valence-corrected chi connectivity index (χ4v) is 16.5. The summed E-state index contributed by atoms with van der Waals surface area (Å²) in [6.45, 7) is 0. The minimum absolute atomic E-state index is 0.471. The van der Waals surface area contributed by atoms with E-state index in [-0.39, 0.29) is 0 Å². The first kappa shape index (κ1) is 11.1. The molecule has 2 nitrogen and oxygen atoms in total. The Morgan fingerprint density at radius 2 is 2.17 bits per heavy atom. The Balaban J connectivity index is 3.00. The molecule has 0 fully saturated rings. The number of rotatable bonds is 3. The predicted octanol–water partition coefficient (Wildman–Crippen LogP) is 1.56. The summed E-state index contributed by atoms with van der Waals surface area (Å²) < 4.78 is 0. The molecule has 0 saturated heterocycles. The molecule has 0 bridgehead atoms. The zero-order valence-electron chi connectivity index (χ0n) is 6.78. The van der Waals surface area contributed by atoms with Crippen molar-refractivity contribution in [2.24, 2.45) is 0 Å². The van der Waals surface area contributed by atoms with E-state index >= 15 is 0 Å². The summed E-state index contributed by atoms with van der Waals surface area (Å²) in [5, 5.41) is 8.81. The second kappa shape index (κ2) is 5.65. The van der Waals surface area contributed by atoms with Crippen molar-refractivity contribution in [2.45, 2.75) is 4.90 Å². The van der Waals surface area contributed by atoms with Gasteiger partial charge >= 0.3 is 98.4 Å². The summed E-state index contributed by atoms with van der Waals surface area (Å²) in [5.74, 6) is -0.804. The molecule has 0 heterocycles. The third-order valence-electron chi connectivity index (χ3n) is 1.42. The predicted molar refractivity (Wildman–Crippen MR) is 45.0 cm³/mol. The van der Waals surface area contributed by atoms with E-state index in [2.05, 4.69) is 0 Å². The van der Waals surface area contributed by atoms with E-state index in [1.54, 1.807) is 12.1 Å². The molecule has 0 spiro atoms. The number of carboxylic acids is 1. The van der Waals surface area contributed by atoms with E-state index in [0.717, 1.165) is 4.90 Å². The first-order valence-electron chi connectivity index (χ1n) is 3.70. The fraction of sp³-hybridized carbons (Fsp3) is 0. The molecule has 0 aliphatic rings. The number of benzene rings is 1. The third kappa shape index (κ3) is 3.03. The standard InChI is InChI=1S/C7H6O2S.Hg.Na/c8-7(9)5-3-1-2-4-6(5)10;;/h1-4,10H,(H,8,9);;/q;+1;/p-1. The Kier molecular flexibility index (Phi) is 5.21. The molecular weight excluding hydrogens is 372 g/mol. The number of carboxylic acid groups (broad SMARTS) is 1. The summed E-state index contributed by atoms with van der Waals surface area (Å²) in [6.07, 6.45) is 0. The average Bonchev–Trinajstić information content (AvgIpc) is 2.05. The summed E-state index contributed by atoms with van der Waals surface area (Å²) >= 11 is 0.618. The Bertz CT molecular complexity index is 292. The maximum absolute atomic E-state index is 10.7. The van der Waals surface area contributed by atoms with Gasteiger partial charge in [0.1, 0.15) is 0 Å². The Morgan fingerprint density at radius 1 is 1.50 bits per heavy atom. The van der Waals surface area contributed by atoms with Gasteiger partial charge in [0, 0.05) is 0 Å². The van der Waals surface area contributed by atoms with Gasteiger partial charge < -0.3 is 0 Å². The topological polar surface area (TPSA) is 37.3 Å². The molecule has 1 aromatic rings. The number of hydrogen-bond acceptors (Lipinski definition) is 2. The van der Waals surface area contributed by atoms with Gasteiger partial charge in [0.15, 0.2) is 0 Å². The Hall–Kier alpha value is 0.975. The van der Waals surface area contributed by atoms with Gasteiger partial charge in [-0.3, -0.25) is 0 Å². The summed E-state index contributed by atoms with van der Waals surface area (Å²) in [4.78, 5) is 11.7. The van der Waals surface area contributed by atoms with Crippen molar-refractivity contribution in [2.75, 3.05) is 0 Å². The number of aromatic carboxylic acids is 1. The van der Waals surface area contributed by atoms with Crippen LogP contribution >= 0.6 is 8.24 Å². The zero-order chi connectivity index (χ0) is 8.97. The molecule has 0 aliphatic heterocycles. The molecule has 0 aromatic heterocycles. The SMILES string of the molecule is O=C(O)c1ccccc1[S][Hg][Na]. The van der Waals surface area contributed by atoms with E-state index in [1.807, 2.05) is 20.4 Å². The van der Waals surface area contributed by atoms with Crippen LogP contribution in [-0.2, 0) is 17.2 Å². The second-order valence-electron chi connectivity index (χ2n) is 2.23. The van der Waals surface area contributed by atoms with E-state index < -0.39 is 23.1 Å². The van der Waals surface area contributed by atoms with Gasteiger partial charge in [0.25, 0.3) is 0 Å². The summed E-state index contributed by atoms with van der Waals surface area (Å²) in [6, 6.07) is 7.26. The van der Waals surface area contributed by atoms with Crippen LogP contribution in [0.4, 0.5) is 0 Å². The average molecular weight is 377 g/mol. The van der Waals surface area contributed by atoms with Gasteiger partial charge in [0.05, 0.1) is 0 Å². The van der Waals surface area contributed by atoms with Crippen LogP contribution in [0.25, 0.3) is 0 Å². The van der Waals surface area contributed by atoms with Gasteiger partial charge in [-0.25, -0.2) is 0 Å². The van der Waals surface area contributed by atoms with Crippen molar-refractivity contribution in [3.8, 4) is 0 Å². The van der Waals surface area contributed by atoms with Crippen LogP contribution in [0, 0.1) is 0 Å². The molecule has 0 atom stereocenters. The molecule has 1 aromatic carbocycles. The van der Waals surface area contributed by atoms with Crippen molar-refractivity contribution in [1.82, 2.24) is 0 Å². The van der Waals surface area contributed by atoms with Gasteiger partial charge in [-0.2, -0.15) is 0 Å². The van der Waals surface area contributed by atoms with Crippen molar-refractivity contribution < 1.29 is 27.1 Å². The minimum atomic E-state index is -0.804. The maximum atomic E-state index is 10.7. The van der Waals surface area contributed by atoms with Crippen molar-refractivity contribution in [3.63, 3.8) is 0 Å². The molecule has 0 radical (unpaired) electrons. The Labute approximate surface area is 96.9 Å². The molecule has 0 aliphatic carbocycles. The van der Waals surface area contributed by atoms with E-state index in [9.17, 15) is 4.79 Å². The molecule has 1 rings (SSSR count).